The summed E-state index contributed by atoms with van der Waals surface area (Å²) in [7, 11) is 0. The van der Waals surface area contributed by atoms with Crippen molar-refractivity contribution in [3.05, 3.63) is 18.1 Å². The molecule has 0 fully saturated rings. The summed E-state index contributed by atoms with van der Waals surface area (Å²) in [6.07, 6.45) is 3.79. The molecule has 6 heteroatoms. The van der Waals surface area contributed by atoms with Crippen LogP contribution in [0.3, 0.4) is 0 Å². The minimum atomic E-state index is -0.453. The predicted octanol–water partition coefficient (Wildman–Crippen LogP) is 0.675. The zero-order valence-corrected chi connectivity index (χ0v) is 9.90. The minimum absolute atomic E-state index is 0.124. The lowest BCUT2D eigenvalue weighted by atomic mass is 10.3. The van der Waals surface area contributed by atoms with Crippen LogP contribution in [0.4, 0.5) is 5.82 Å². The number of carbonyl (C=O) groups excluding carboxylic acids is 1. The monoisotopic (exact) mass is 233 g/mol. The number of carbonyl (C=O) groups is 1. The van der Waals surface area contributed by atoms with E-state index in [9.17, 15) is 4.79 Å². The van der Waals surface area contributed by atoms with Crippen molar-refractivity contribution in [2.24, 2.45) is 0 Å². The smallest absolute Gasteiger partial charge is 0.242 e. The zero-order valence-electron chi connectivity index (χ0n) is 9.90. The van der Waals surface area contributed by atoms with Gasteiger partial charge in [-0.3, -0.25) is 4.79 Å². The molecule has 0 saturated heterocycles. The average molecular weight is 233 g/mol. The first kappa shape index (κ1) is 12.9. The molecule has 0 bridgehead atoms. The molecular weight excluding hydrogens is 218 g/mol. The van der Waals surface area contributed by atoms with Crippen molar-refractivity contribution in [1.29, 1.82) is 5.26 Å². The van der Waals surface area contributed by atoms with Crippen LogP contribution in [0.25, 0.3) is 0 Å². The third-order valence-electron chi connectivity index (χ3n) is 2.10. The highest BCUT2D eigenvalue weighted by molar-refractivity contribution is 5.84. The molecule has 2 N–H and O–H groups in total. The normalized spacial score (nSPS) is 11.4. The van der Waals surface area contributed by atoms with Crippen LogP contribution >= 0.6 is 0 Å². The summed E-state index contributed by atoms with van der Waals surface area (Å²) < 4.78 is 0. The molecule has 1 atom stereocenters. The molecule has 0 aromatic carbocycles. The Hall–Kier alpha value is -2.16. The van der Waals surface area contributed by atoms with Gasteiger partial charge in [0.2, 0.25) is 5.91 Å². The highest BCUT2D eigenvalue weighted by Gasteiger charge is 2.14. The number of amides is 1. The number of rotatable bonds is 5. The molecule has 1 rings (SSSR count). The van der Waals surface area contributed by atoms with Gasteiger partial charge in [0, 0.05) is 18.9 Å². The van der Waals surface area contributed by atoms with E-state index < -0.39 is 6.04 Å². The van der Waals surface area contributed by atoms with Gasteiger partial charge in [-0.1, -0.05) is 6.92 Å². The van der Waals surface area contributed by atoms with Gasteiger partial charge in [0.1, 0.15) is 12.1 Å². The minimum Gasteiger partial charge on any atom is -0.356 e. The molecule has 1 aromatic heterocycles. The lowest BCUT2D eigenvalue weighted by Crippen LogP contribution is -2.38. The van der Waals surface area contributed by atoms with Crippen molar-refractivity contribution < 1.29 is 4.79 Å². The number of hydrogen-bond acceptors (Lipinski definition) is 5. The molecular formula is C11H15N5O. The molecule has 0 saturated carbocycles. The summed E-state index contributed by atoms with van der Waals surface area (Å²) >= 11 is 0. The molecule has 17 heavy (non-hydrogen) atoms. The molecule has 0 aliphatic heterocycles. The van der Waals surface area contributed by atoms with Crippen LogP contribution in [0.2, 0.25) is 0 Å². The van der Waals surface area contributed by atoms with E-state index in [1.165, 1.54) is 12.4 Å². The van der Waals surface area contributed by atoms with Crippen LogP contribution < -0.4 is 10.6 Å². The fourth-order valence-corrected chi connectivity index (χ4v) is 1.20. The van der Waals surface area contributed by atoms with Crippen molar-refractivity contribution in [2.45, 2.75) is 26.3 Å². The van der Waals surface area contributed by atoms with Gasteiger partial charge in [-0.05, 0) is 13.3 Å². The zero-order chi connectivity index (χ0) is 12.7. The Kier molecular flexibility index (Phi) is 4.88. The number of aromatic nitrogens is 2. The Bertz CT molecular complexity index is 426. The van der Waals surface area contributed by atoms with E-state index >= 15 is 0 Å². The molecule has 1 heterocycles. The van der Waals surface area contributed by atoms with Gasteiger partial charge < -0.3 is 10.6 Å². The third kappa shape index (κ3) is 3.72. The van der Waals surface area contributed by atoms with E-state index in [0.717, 1.165) is 6.42 Å². The van der Waals surface area contributed by atoms with Gasteiger partial charge >= 0.3 is 0 Å². The standard InChI is InChI=1S/C11H15N5O/c1-3-4-15-11(17)8(2)16-10-9(7-12)13-5-6-14-10/h5-6,8H,3-4H2,1-2H3,(H,14,16)(H,15,17). The van der Waals surface area contributed by atoms with E-state index in [1.54, 1.807) is 6.92 Å². The number of nitrogens with one attached hydrogen (secondary N) is 2. The second-order valence-electron chi connectivity index (χ2n) is 3.52. The van der Waals surface area contributed by atoms with Gasteiger partial charge in [0.25, 0.3) is 0 Å². The van der Waals surface area contributed by atoms with Crippen LogP contribution in [0.1, 0.15) is 26.0 Å². The topological polar surface area (TPSA) is 90.7 Å². The van der Waals surface area contributed by atoms with Gasteiger partial charge in [-0.15, -0.1) is 0 Å². The predicted molar refractivity (Wildman–Crippen MR) is 63.1 cm³/mol. The van der Waals surface area contributed by atoms with Crippen LogP contribution in [0, 0.1) is 11.3 Å². The van der Waals surface area contributed by atoms with Gasteiger partial charge in [-0.2, -0.15) is 5.26 Å². The Labute approximate surface area is 100 Å². The Morgan fingerprint density at radius 1 is 1.53 bits per heavy atom. The van der Waals surface area contributed by atoms with E-state index in [0.29, 0.717) is 12.4 Å². The first-order valence-corrected chi connectivity index (χ1v) is 5.44. The second kappa shape index (κ2) is 6.43. The maximum absolute atomic E-state index is 11.6. The van der Waals surface area contributed by atoms with E-state index in [2.05, 4.69) is 20.6 Å². The molecule has 0 aliphatic rings. The molecule has 0 spiro atoms. The summed E-state index contributed by atoms with van der Waals surface area (Å²) in [5.41, 5.74) is 0.183. The van der Waals surface area contributed by atoms with Crippen molar-refractivity contribution in [1.82, 2.24) is 15.3 Å². The van der Waals surface area contributed by atoms with Crippen molar-refractivity contribution in [2.75, 3.05) is 11.9 Å². The fourth-order valence-electron chi connectivity index (χ4n) is 1.20. The van der Waals surface area contributed by atoms with Gasteiger partial charge in [-0.25, -0.2) is 9.97 Å². The Balaban J connectivity index is 2.65. The lowest BCUT2D eigenvalue weighted by molar-refractivity contribution is -0.121. The average Bonchev–Trinajstić information content (AvgIpc) is 2.36. The second-order valence-corrected chi connectivity index (χ2v) is 3.52. The molecule has 6 nitrogen and oxygen atoms in total. The van der Waals surface area contributed by atoms with Crippen LogP contribution in [-0.2, 0) is 4.79 Å². The maximum Gasteiger partial charge on any atom is 0.242 e. The highest BCUT2D eigenvalue weighted by Crippen LogP contribution is 2.07. The molecule has 1 aromatic rings. The first-order chi connectivity index (χ1) is 8.19. The summed E-state index contributed by atoms with van der Waals surface area (Å²) in [6, 6.07) is 1.46. The number of nitrogens with zero attached hydrogens (tertiary/aromatic N) is 3. The SMILES string of the molecule is CCCNC(=O)C(C)Nc1nccnc1C#N. The third-order valence-corrected chi connectivity index (χ3v) is 2.10. The molecule has 1 unspecified atom stereocenters. The van der Waals surface area contributed by atoms with Crippen molar-refractivity contribution >= 4 is 11.7 Å². The van der Waals surface area contributed by atoms with Gasteiger partial charge in [0.15, 0.2) is 11.5 Å². The molecule has 1 amide bonds. The number of hydrogen-bond donors (Lipinski definition) is 2. The summed E-state index contributed by atoms with van der Waals surface area (Å²) in [4.78, 5) is 19.4. The quantitative estimate of drug-likeness (QED) is 0.780. The first-order valence-electron chi connectivity index (χ1n) is 5.44. The fraction of sp³-hybridized carbons (Fsp3) is 0.455. The largest absolute Gasteiger partial charge is 0.356 e. The summed E-state index contributed by atoms with van der Waals surface area (Å²) in [5, 5.41) is 14.4. The van der Waals surface area contributed by atoms with Crippen molar-refractivity contribution in [3.8, 4) is 6.07 Å². The van der Waals surface area contributed by atoms with Crippen LogP contribution in [0.15, 0.2) is 12.4 Å². The molecule has 90 valence electrons. The Morgan fingerprint density at radius 3 is 2.88 bits per heavy atom. The van der Waals surface area contributed by atoms with E-state index in [-0.39, 0.29) is 11.6 Å². The highest BCUT2D eigenvalue weighted by atomic mass is 16.2. The van der Waals surface area contributed by atoms with E-state index in [4.69, 9.17) is 5.26 Å². The number of anilines is 1. The summed E-state index contributed by atoms with van der Waals surface area (Å²) in [6.45, 7) is 4.33. The number of nitriles is 1. The van der Waals surface area contributed by atoms with Crippen molar-refractivity contribution in [3.63, 3.8) is 0 Å². The van der Waals surface area contributed by atoms with E-state index in [1.807, 2.05) is 13.0 Å². The van der Waals surface area contributed by atoms with Crippen LogP contribution in [0.5, 0.6) is 0 Å². The lowest BCUT2D eigenvalue weighted by Gasteiger charge is -2.14. The molecule has 0 aliphatic carbocycles. The van der Waals surface area contributed by atoms with Gasteiger partial charge in [0.05, 0.1) is 0 Å². The Morgan fingerprint density at radius 2 is 2.24 bits per heavy atom. The summed E-state index contributed by atoms with van der Waals surface area (Å²) in [5.74, 6) is 0.204. The molecule has 0 radical (unpaired) electrons. The van der Waals surface area contributed by atoms with Crippen LogP contribution in [-0.4, -0.2) is 28.5 Å². The maximum atomic E-state index is 11.6.